The van der Waals surface area contributed by atoms with Gasteiger partial charge >= 0.3 is 6.03 Å². The molecule has 0 aliphatic carbocycles. The summed E-state index contributed by atoms with van der Waals surface area (Å²) in [5.41, 5.74) is 1.07. The summed E-state index contributed by atoms with van der Waals surface area (Å²) in [5, 5.41) is 4.85. The molecule has 22 heavy (non-hydrogen) atoms. The third-order valence-electron chi connectivity index (χ3n) is 3.33. The number of urea groups is 1. The Labute approximate surface area is 138 Å². The van der Waals surface area contributed by atoms with Crippen molar-refractivity contribution in [3.05, 3.63) is 34.3 Å². The van der Waals surface area contributed by atoms with Crippen LogP contribution in [-0.2, 0) is 9.53 Å². The summed E-state index contributed by atoms with van der Waals surface area (Å²) in [6.45, 7) is 4.33. The minimum Gasteiger partial charge on any atom is -0.371 e. The summed E-state index contributed by atoms with van der Waals surface area (Å²) in [6, 6.07) is 7.49. The molecule has 0 radical (unpaired) electrons. The van der Waals surface area contributed by atoms with Gasteiger partial charge in [-0.05, 0) is 24.6 Å². The second kappa shape index (κ2) is 8.26. The molecule has 6 nitrogen and oxygen atoms in total. The number of halogens is 1. The van der Waals surface area contributed by atoms with E-state index in [9.17, 15) is 9.59 Å². The van der Waals surface area contributed by atoms with Crippen molar-refractivity contribution in [2.45, 2.75) is 13.0 Å². The quantitative estimate of drug-likeness (QED) is 0.846. The van der Waals surface area contributed by atoms with E-state index in [1.807, 2.05) is 29.2 Å². The first-order chi connectivity index (χ1) is 10.6. The topological polar surface area (TPSA) is 70.7 Å². The van der Waals surface area contributed by atoms with Crippen LogP contribution in [0.25, 0.3) is 0 Å². The molecule has 7 heteroatoms. The van der Waals surface area contributed by atoms with Gasteiger partial charge in [-0.1, -0.05) is 28.1 Å². The molecule has 0 bridgehead atoms. The zero-order valence-corrected chi connectivity index (χ0v) is 14.1. The Morgan fingerprint density at radius 1 is 1.45 bits per heavy atom. The van der Waals surface area contributed by atoms with Gasteiger partial charge in [-0.25, -0.2) is 4.79 Å². The van der Waals surface area contributed by atoms with E-state index in [-0.39, 0.29) is 18.6 Å². The Balaban J connectivity index is 1.88. The molecule has 2 rings (SSSR count). The average molecular weight is 370 g/mol. The first-order valence-corrected chi connectivity index (χ1v) is 8.05. The average Bonchev–Trinajstić information content (AvgIpc) is 2.47. The van der Waals surface area contributed by atoms with Crippen LogP contribution in [0, 0.1) is 0 Å². The van der Waals surface area contributed by atoms with Gasteiger partial charge < -0.3 is 10.1 Å². The number of carbonyl (C=O) groups excluding carboxylic acids is 2. The van der Waals surface area contributed by atoms with Gasteiger partial charge in [0, 0.05) is 24.1 Å². The minimum absolute atomic E-state index is 0.0662. The number of nitrogens with one attached hydrogen (secondary N) is 2. The van der Waals surface area contributed by atoms with Gasteiger partial charge in [-0.3, -0.25) is 15.0 Å². The van der Waals surface area contributed by atoms with Crippen LogP contribution >= 0.6 is 15.9 Å². The molecule has 3 amide bonds. The van der Waals surface area contributed by atoms with Crippen molar-refractivity contribution in [1.82, 2.24) is 15.5 Å². The van der Waals surface area contributed by atoms with Crippen LogP contribution in [-0.4, -0.2) is 49.6 Å². The molecule has 1 atom stereocenters. The van der Waals surface area contributed by atoms with Gasteiger partial charge in [-0.15, -0.1) is 0 Å². The number of hydrogen-bond acceptors (Lipinski definition) is 4. The third-order valence-corrected chi connectivity index (χ3v) is 3.82. The summed E-state index contributed by atoms with van der Waals surface area (Å²) >= 11 is 3.45. The molecular weight excluding hydrogens is 350 g/mol. The van der Waals surface area contributed by atoms with Gasteiger partial charge in [0.1, 0.15) is 0 Å². The van der Waals surface area contributed by atoms with E-state index in [1.54, 1.807) is 6.92 Å². The first kappa shape index (κ1) is 16.9. The zero-order chi connectivity index (χ0) is 15.9. The number of ether oxygens (including phenoxy) is 1. The van der Waals surface area contributed by atoms with E-state index in [0.717, 1.165) is 10.0 Å². The molecule has 1 saturated heterocycles. The lowest BCUT2D eigenvalue weighted by atomic mass is 10.1. The molecule has 0 unspecified atom stereocenters. The smallest absolute Gasteiger partial charge is 0.321 e. The molecule has 0 aromatic heterocycles. The number of amides is 3. The second-order valence-corrected chi connectivity index (χ2v) is 5.97. The van der Waals surface area contributed by atoms with Crippen molar-refractivity contribution >= 4 is 27.9 Å². The maximum absolute atomic E-state index is 11.8. The fourth-order valence-corrected chi connectivity index (χ4v) is 2.75. The van der Waals surface area contributed by atoms with Crippen molar-refractivity contribution in [3.63, 3.8) is 0 Å². The number of nitrogens with zero attached hydrogens (tertiary/aromatic N) is 1. The van der Waals surface area contributed by atoms with Crippen molar-refractivity contribution in [2.24, 2.45) is 0 Å². The van der Waals surface area contributed by atoms with E-state index >= 15 is 0 Å². The van der Waals surface area contributed by atoms with E-state index in [2.05, 4.69) is 26.6 Å². The number of morpholine rings is 1. The number of rotatable bonds is 4. The molecule has 120 valence electrons. The van der Waals surface area contributed by atoms with E-state index in [0.29, 0.717) is 26.2 Å². The molecule has 1 aromatic rings. The lowest BCUT2D eigenvalue weighted by Crippen LogP contribution is -2.47. The Bertz CT molecular complexity index is 539. The van der Waals surface area contributed by atoms with E-state index < -0.39 is 6.03 Å². The SMILES string of the molecule is CCNC(=O)NC(=O)CN1CCO[C@@H](c2cccc(Br)c2)C1. The van der Waals surface area contributed by atoms with Crippen LogP contribution in [0.2, 0.25) is 0 Å². The Hall–Kier alpha value is -1.44. The molecule has 1 aliphatic rings. The van der Waals surface area contributed by atoms with Gasteiger partial charge in [0.2, 0.25) is 5.91 Å². The van der Waals surface area contributed by atoms with Gasteiger partial charge in [0.15, 0.2) is 0 Å². The van der Waals surface area contributed by atoms with Crippen LogP contribution in [0.5, 0.6) is 0 Å². The standard InChI is InChI=1S/C15H20BrN3O3/c1-2-17-15(21)18-14(20)10-19-6-7-22-13(9-19)11-4-3-5-12(16)8-11/h3-5,8,13H,2,6-7,9-10H2,1H3,(H2,17,18,20,21)/t13-/m1/s1. The molecule has 2 N–H and O–H groups in total. The fourth-order valence-electron chi connectivity index (χ4n) is 2.33. The first-order valence-electron chi connectivity index (χ1n) is 7.25. The highest BCUT2D eigenvalue weighted by Gasteiger charge is 2.24. The maximum Gasteiger partial charge on any atom is 0.321 e. The van der Waals surface area contributed by atoms with Crippen molar-refractivity contribution in [2.75, 3.05) is 32.8 Å². The van der Waals surface area contributed by atoms with Crippen LogP contribution < -0.4 is 10.6 Å². The molecule has 1 heterocycles. The van der Waals surface area contributed by atoms with Gasteiger partial charge in [-0.2, -0.15) is 0 Å². The Morgan fingerprint density at radius 2 is 2.27 bits per heavy atom. The van der Waals surface area contributed by atoms with Crippen molar-refractivity contribution < 1.29 is 14.3 Å². The minimum atomic E-state index is -0.454. The summed E-state index contributed by atoms with van der Waals surface area (Å²) in [5.74, 6) is -0.305. The molecule has 0 saturated carbocycles. The van der Waals surface area contributed by atoms with E-state index in [4.69, 9.17) is 4.74 Å². The van der Waals surface area contributed by atoms with Crippen LogP contribution in [0.3, 0.4) is 0 Å². The summed E-state index contributed by atoms with van der Waals surface area (Å²) in [7, 11) is 0. The lowest BCUT2D eigenvalue weighted by molar-refractivity contribution is -0.123. The summed E-state index contributed by atoms with van der Waals surface area (Å²) in [6.07, 6.45) is -0.0662. The normalized spacial score (nSPS) is 18.7. The highest BCUT2D eigenvalue weighted by atomic mass is 79.9. The third kappa shape index (κ3) is 5.08. The highest BCUT2D eigenvalue weighted by molar-refractivity contribution is 9.10. The summed E-state index contributed by atoms with van der Waals surface area (Å²) in [4.78, 5) is 25.1. The van der Waals surface area contributed by atoms with Crippen LogP contribution in [0.1, 0.15) is 18.6 Å². The second-order valence-electron chi connectivity index (χ2n) is 5.06. The molecule has 1 aromatic carbocycles. The largest absolute Gasteiger partial charge is 0.371 e. The lowest BCUT2D eigenvalue weighted by Gasteiger charge is -2.32. The molecule has 1 aliphatic heterocycles. The van der Waals surface area contributed by atoms with Crippen molar-refractivity contribution in [1.29, 1.82) is 0 Å². The molecular formula is C15H20BrN3O3. The zero-order valence-electron chi connectivity index (χ0n) is 12.5. The van der Waals surface area contributed by atoms with Crippen molar-refractivity contribution in [3.8, 4) is 0 Å². The monoisotopic (exact) mass is 369 g/mol. The Morgan fingerprint density at radius 3 is 3.00 bits per heavy atom. The number of hydrogen-bond donors (Lipinski definition) is 2. The highest BCUT2D eigenvalue weighted by Crippen LogP contribution is 2.24. The van der Waals surface area contributed by atoms with E-state index in [1.165, 1.54) is 0 Å². The van der Waals surface area contributed by atoms with Crippen LogP contribution in [0.4, 0.5) is 4.79 Å². The Kier molecular flexibility index (Phi) is 6.35. The molecule has 0 spiro atoms. The molecule has 1 fully saturated rings. The number of benzene rings is 1. The fraction of sp³-hybridized carbons (Fsp3) is 0.467. The number of carbonyl (C=O) groups is 2. The van der Waals surface area contributed by atoms with Gasteiger partial charge in [0.05, 0.1) is 19.3 Å². The van der Waals surface area contributed by atoms with Gasteiger partial charge in [0.25, 0.3) is 0 Å². The predicted molar refractivity (Wildman–Crippen MR) is 86.5 cm³/mol. The maximum atomic E-state index is 11.8. The summed E-state index contributed by atoms with van der Waals surface area (Å²) < 4.78 is 6.78. The van der Waals surface area contributed by atoms with Crippen LogP contribution in [0.15, 0.2) is 28.7 Å². The number of imide groups is 1. The predicted octanol–water partition coefficient (Wildman–Crippen LogP) is 1.67.